The number of nitrogens with zero attached hydrogens (tertiary/aromatic N) is 2. The van der Waals surface area contributed by atoms with Gasteiger partial charge in [-0.2, -0.15) is 0 Å². The Balaban J connectivity index is 1.47. The number of carbonyl (C=O) groups is 3. The van der Waals surface area contributed by atoms with Gasteiger partial charge in [-0.25, -0.2) is 0 Å². The highest BCUT2D eigenvalue weighted by atomic mass is 16.2. The van der Waals surface area contributed by atoms with Gasteiger partial charge < -0.3 is 9.88 Å². The molecule has 29 heavy (non-hydrogen) atoms. The SMILES string of the molecule is CC(C)C(C(=O)NCCn1ccc2ccccc21)N1C(=O)c2ccccc2C1=O. The van der Waals surface area contributed by atoms with E-state index < -0.39 is 17.9 Å². The van der Waals surface area contributed by atoms with Gasteiger partial charge in [0.2, 0.25) is 5.91 Å². The lowest BCUT2D eigenvalue weighted by molar-refractivity contribution is -0.126. The average molecular weight is 389 g/mol. The Morgan fingerprint density at radius 3 is 2.21 bits per heavy atom. The number of amides is 3. The van der Waals surface area contributed by atoms with Crippen LogP contribution in [0.15, 0.2) is 60.8 Å². The normalized spacial score (nSPS) is 14.5. The Morgan fingerprint density at radius 1 is 0.931 bits per heavy atom. The third-order valence-corrected chi connectivity index (χ3v) is 5.34. The van der Waals surface area contributed by atoms with Crippen LogP contribution in [0.1, 0.15) is 34.6 Å². The smallest absolute Gasteiger partial charge is 0.262 e. The molecule has 0 fully saturated rings. The molecule has 1 aromatic heterocycles. The second kappa shape index (κ2) is 7.54. The monoisotopic (exact) mass is 389 g/mol. The molecule has 148 valence electrons. The van der Waals surface area contributed by atoms with Crippen molar-refractivity contribution in [1.82, 2.24) is 14.8 Å². The summed E-state index contributed by atoms with van der Waals surface area (Å²) >= 11 is 0. The van der Waals surface area contributed by atoms with E-state index in [0.717, 1.165) is 15.8 Å². The minimum atomic E-state index is -0.844. The van der Waals surface area contributed by atoms with Crippen LogP contribution >= 0.6 is 0 Å². The minimum absolute atomic E-state index is 0.204. The van der Waals surface area contributed by atoms with E-state index in [1.807, 2.05) is 50.4 Å². The van der Waals surface area contributed by atoms with E-state index >= 15 is 0 Å². The van der Waals surface area contributed by atoms with Crippen LogP contribution in [0.2, 0.25) is 0 Å². The van der Waals surface area contributed by atoms with Gasteiger partial charge in [-0.1, -0.05) is 44.2 Å². The van der Waals surface area contributed by atoms with Crippen LogP contribution in [0, 0.1) is 5.92 Å². The second-order valence-electron chi connectivity index (χ2n) is 7.57. The van der Waals surface area contributed by atoms with Crippen molar-refractivity contribution in [2.24, 2.45) is 5.92 Å². The van der Waals surface area contributed by atoms with Crippen LogP contribution in [-0.4, -0.2) is 39.8 Å². The van der Waals surface area contributed by atoms with Gasteiger partial charge in [0.05, 0.1) is 11.1 Å². The zero-order valence-electron chi connectivity index (χ0n) is 16.5. The summed E-state index contributed by atoms with van der Waals surface area (Å²) in [6, 6.07) is 15.9. The van der Waals surface area contributed by atoms with E-state index in [4.69, 9.17) is 0 Å². The highest BCUT2D eigenvalue weighted by molar-refractivity contribution is 6.22. The number of carbonyl (C=O) groups excluding carboxylic acids is 3. The number of benzene rings is 2. The fraction of sp³-hybridized carbons (Fsp3) is 0.261. The minimum Gasteiger partial charge on any atom is -0.352 e. The summed E-state index contributed by atoms with van der Waals surface area (Å²) in [6.07, 6.45) is 1.99. The van der Waals surface area contributed by atoms with Gasteiger partial charge in [-0.3, -0.25) is 19.3 Å². The maximum atomic E-state index is 12.9. The molecule has 3 aromatic rings. The average Bonchev–Trinajstić information content (AvgIpc) is 3.23. The fourth-order valence-corrected chi connectivity index (χ4v) is 3.92. The molecule has 4 rings (SSSR count). The molecule has 1 aliphatic heterocycles. The molecule has 0 saturated carbocycles. The zero-order valence-corrected chi connectivity index (χ0v) is 16.5. The Labute approximate surface area is 169 Å². The molecule has 0 aliphatic carbocycles. The van der Waals surface area contributed by atoms with E-state index in [1.54, 1.807) is 24.3 Å². The van der Waals surface area contributed by atoms with Gasteiger partial charge in [0.15, 0.2) is 0 Å². The molecular weight excluding hydrogens is 366 g/mol. The number of rotatable bonds is 6. The van der Waals surface area contributed by atoms with Crippen LogP contribution in [0.5, 0.6) is 0 Å². The van der Waals surface area contributed by atoms with Crippen molar-refractivity contribution in [1.29, 1.82) is 0 Å². The topological polar surface area (TPSA) is 71.4 Å². The predicted molar refractivity (Wildman–Crippen MR) is 111 cm³/mol. The van der Waals surface area contributed by atoms with Crippen molar-refractivity contribution in [3.05, 3.63) is 71.9 Å². The van der Waals surface area contributed by atoms with Gasteiger partial charge >= 0.3 is 0 Å². The molecule has 1 N–H and O–H groups in total. The number of imide groups is 1. The van der Waals surface area contributed by atoms with Crippen LogP contribution in [0.25, 0.3) is 10.9 Å². The largest absolute Gasteiger partial charge is 0.352 e. The molecule has 1 unspecified atom stereocenters. The summed E-state index contributed by atoms with van der Waals surface area (Å²) in [6.45, 7) is 4.69. The van der Waals surface area contributed by atoms with E-state index in [0.29, 0.717) is 24.2 Å². The summed E-state index contributed by atoms with van der Waals surface area (Å²) in [5.41, 5.74) is 1.81. The number of para-hydroxylation sites is 1. The summed E-state index contributed by atoms with van der Waals surface area (Å²) in [4.78, 5) is 39.6. The maximum absolute atomic E-state index is 12.9. The molecule has 0 radical (unpaired) electrons. The zero-order chi connectivity index (χ0) is 20.5. The summed E-state index contributed by atoms with van der Waals surface area (Å²) in [5, 5.41) is 4.05. The van der Waals surface area contributed by atoms with Crippen molar-refractivity contribution in [3.63, 3.8) is 0 Å². The molecule has 0 bridgehead atoms. The van der Waals surface area contributed by atoms with Crippen molar-refractivity contribution in [2.75, 3.05) is 6.54 Å². The Hall–Kier alpha value is -3.41. The molecule has 2 aromatic carbocycles. The molecule has 1 atom stereocenters. The van der Waals surface area contributed by atoms with Crippen molar-refractivity contribution in [2.45, 2.75) is 26.4 Å². The van der Waals surface area contributed by atoms with E-state index in [1.165, 1.54) is 0 Å². The first-order valence-corrected chi connectivity index (χ1v) is 9.77. The maximum Gasteiger partial charge on any atom is 0.262 e. The third kappa shape index (κ3) is 3.31. The van der Waals surface area contributed by atoms with Gasteiger partial charge in [0.1, 0.15) is 6.04 Å². The summed E-state index contributed by atoms with van der Waals surface area (Å²) in [5.74, 6) is -1.33. The predicted octanol–water partition coefficient (Wildman–Crippen LogP) is 3.08. The number of fused-ring (bicyclic) bond motifs is 2. The van der Waals surface area contributed by atoms with Crippen LogP contribution < -0.4 is 5.32 Å². The van der Waals surface area contributed by atoms with E-state index in [9.17, 15) is 14.4 Å². The van der Waals surface area contributed by atoms with Gasteiger partial charge in [0, 0.05) is 24.8 Å². The molecule has 1 aliphatic rings. The van der Waals surface area contributed by atoms with Crippen molar-refractivity contribution in [3.8, 4) is 0 Å². The molecule has 2 heterocycles. The van der Waals surface area contributed by atoms with E-state index in [-0.39, 0.29) is 11.8 Å². The van der Waals surface area contributed by atoms with Crippen molar-refractivity contribution < 1.29 is 14.4 Å². The fourth-order valence-electron chi connectivity index (χ4n) is 3.92. The lowest BCUT2D eigenvalue weighted by atomic mass is 10.0. The first-order chi connectivity index (χ1) is 14.0. The first-order valence-electron chi connectivity index (χ1n) is 9.77. The Kier molecular flexibility index (Phi) is 4.92. The molecule has 6 heteroatoms. The van der Waals surface area contributed by atoms with Crippen LogP contribution in [0.3, 0.4) is 0 Å². The highest BCUT2D eigenvalue weighted by Crippen LogP contribution is 2.27. The number of hydrogen-bond acceptors (Lipinski definition) is 3. The third-order valence-electron chi connectivity index (χ3n) is 5.34. The molecular formula is C23H23N3O3. The molecule has 6 nitrogen and oxygen atoms in total. The lowest BCUT2D eigenvalue weighted by Gasteiger charge is -2.28. The number of hydrogen-bond donors (Lipinski definition) is 1. The standard InChI is InChI=1S/C23H23N3O3/c1-15(2)20(26-22(28)17-8-4-5-9-18(17)23(26)29)21(27)24-12-14-25-13-11-16-7-3-6-10-19(16)25/h3-11,13,15,20H,12,14H2,1-2H3,(H,24,27). The lowest BCUT2D eigenvalue weighted by Crippen LogP contribution is -2.52. The molecule has 0 saturated heterocycles. The van der Waals surface area contributed by atoms with E-state index in [2.05, 4.69) is 9.88 Å². The number of aromatic nitrogens is 1. The van der Waals surface area contributed by atoms with Gasteiger partial charge in [-0.05, 0) is 35.6 Å². The molecule has 3 amide bonds. The van der Waals surface area contributed by atoms with Gasteiger partial charge in [-0.15, -0.1) is 0 Å². The second-order valence-corrected chi connectivity index (χ2v) is 7.57. The molecule has 0 spiro atoms. The number of nitrogens with one attached hydrogen (secondary N) is 1. The van der Waals surface area contributed by atoms with Gasteiger partial charge in [0.25, 0.3) is 11.8 Å². The van der Waals surface area contributed by atoms with Crippen molar-refractivity contribution >= 4 is 28.6 Å². The highest BCUT2D eigenvalue weighted by Gasteiger charge is 2.43. The summed E-state index contributed by atoms with van der Waals surface area (Å²) < 4.78 is 2.07. The quantitative estimate of drug-likeness (QED) is 0.659. The van der Waals surface area contributed by atoms with Crippen LogP contribution in [-0.2, 0) is 11.3 Å². The Morgan fingerprint density at radius 2 is 1.55 bits per heavy atom. The van der Waals surface area contributed by atoms with Crippen LogP contribution in [0.4, 0.5) is 0 Å². The first kappa shape index (κ1) is 18.9. The summed E-state index contributed by atoms with van der Waals surface area (Å²) in [7, 11) is 0. The Bertz CT molecular complexity index is 1060.